The van der Waals surface area contributed by atoms with Gasteiger partial charge in [0, 0.05) is 11.9 Å². The second kappa shape index (κ2) is 3.58. The number of nitrogens with zero attached hydrogens (tertiary/aromatic N) is 1. The summed E-state index contributed by atoms with van der Waals surface area (Å²) >= 11 is 0. The third-order valence-corrected chi connectivity index (χ3v) is 4.60. The van der Waals surface area contributed by atoms with Crippen LogP contribution in [0.2, 0.25) is 0 Å². The summed E-state index contributed by atoms with van der Waals surface area (Å²) in [6.07, 6.45) is 10.5. The van der Waals surface area contributed by atoms with E-state index >= 15 is 0 Å². The minimum absolute atomic E-state index is 0.557. The maximum absolute atomic E-state index is 4.60. The number of aryl methyl sites for hydroxylation is 1. The fourth-order valence-corrected chi connectivity index (χ4v) is 3.59. The average Bonchev–Trinajstić information content (AvgIpc) is 2.88. The smallest absolute Gasteiger partial charge is 0.0432 e. The van der Waals surface area contributed by atoms with Gasteiger partial charge in [-0.1, -0.05) is 26.7 Å². The van der Waals surface area contributed by atoms with Crippen LogP contribution in [0.15, 0.2) is 12.3 Å². The molecule has 0 unspecified atom stereocenters. The predicted octanol–water partition coefficient (Wildman–Crippen LogP) is 3.96. The number of pyridine rings is 1. The van der Waals surface area contributed by atoms with E-state index in [0.717, 1.165) is 0 Å². The van der Waals surface area contributed by atoms with Gasteiger partial charge in [0.2, 0.25) is 0 Å². The van der Waals surface area contributed by atoms with Crippen LogP contribution in [0.25, 0.3) is 0 Å². The van der Waals surface area contributed by atoms with Crippen LogP contribution in [0.3, 0.4) is 0 Å². The Morgan fingerprint density at radius 2 is 1.94 bits per heavy atom. The van der Waals surface area contributed by atoms with Crippen molar-refractivity contribution in [3.8, 4) is 0 Å². The minimum Gasteiger partial charge on any atom is -0.261 e. The van der Waals surface area contributed by atoms with Crippen molar-refractivity contribution in [1.29, 1.82) is 0 Å². The number of rotatable bonds is 1. The van der Waals surface area contributed by atoms with Crippen LogP contribution in [0.5, 0.6) is 0 Å². The van der Waals surface area contributed by atoms with Crippen molar-refractivity contribution < 1.29 is 0 Å². The predicted molar refractivity (Wildman–Crippen MR) is 66.8 cm³/mol. The molecule has 0 radical (unpaired) electrons. The third-order valence-electron chi connectivity index (χ3n) is 4.60. The molecule has 0 atom stereocenters. The summed E-state index contributed by atoms with van der Waals surface area (Å²) in [5, 5.41) is 0. The highest BCUT2D eigenvalue weighted by Crippen LogP contribution is 2.50. The minimum atomic E-state index is 0.557. The van der Waals surface area contributed by atoms with Gasteiger partial charge in [-0.05, 0) is 54.2 Å². The molecule has 2 aliphatic rings. The van der Waals surface area contributed by atoms with Gasteiger partial charge in [-0.2, -0.15) is 0 Å². The van der Waals surface area contributed by atoms with Crippen LogP contribution >= 0.6 is 0 Å². The number of hydrogen-bond acceptors (Lipinski definition) is 1. The van der Waals surface area contributed by atoms with Crippen LogP contribution < -0.4 is 0 Å². The van der Waals surface area contributed by atoms with E-state index in [4.69, 9.17) is 0 Å². The van der Waals surface area contributed by atoms with Crippen LogP contribution in [0.4, 0.5) is 0 Å². The van der Waals surface area contributed by atoms with Crippen molar-refractivity contribution in [1.82, 2.24) is 4.98 Å². The molecule has 1 aromatic heterocycles. The molecular formula is C15H21N. The molecule has 0 aromatic carbocycles. The standard InChI is InChI=1S/C15H21N/c1-11(2)14-9-13-12(10-16-14)5-8-15(13)6-3-4-7-15/h9-11H,3-8H2,1-2H3. The van der Waals surface area contributed by atoms with Crippen LogP contribution in [-0.4, -0.2) is 4.98 Å². The van der Waals surface area contributed by atoms with Crippen molar-refractivity contribution in [3.05, 3.63) is 29.1 Å². The normalized spacial score (nSPS) is 21.9. The molecule has 3 rings (SSSR count). The van der Waals surface area contributed by atoms with E-state index in [9.17, 15) is 0 Å². The molecule has 1 nitrogen and oxygen atoms in total. The van der Waals surface area contributed by atoms with Crippen LogP contribution in [0.1, 0.15) is 68.7 Å². The SMILES string of the molecule is CC(C)c1cc2c(cn1)CCC21CCCC1. The lowest BCUT2D eigenvalue weighted by atomic mass is 9.80. The quantitative estimate of drug-likeness (QED) is 0.691. The Balaban J connectivity index is 2.06. The second-order valence-electron chi connectivity index (χ2n) is 5.91. The molecule has 1 saturated carbocycles. The lowest BCUT2D eigenvalue weighted by Gasteiger charge is -2.24. The summed E-state index contributed by atoms with van der Waals surface area (Å²) in [7, 11) is 0. The number of fused-ring (bicyclic) bond motifs is 2. The zero-order valence-electron chi connectivity index (χ0n) is 10.4. The average molecular weight is 215 g/mol. The molecule has 1 heteroatoms. The highest BCUT2D eigenvalue weighted by Gasteiger charge is 2.41. The fraction of sp³-hybridized carbons (Fsp3) is 0.667. The molecular weight excluding hydrogens is 194 g/mol. The van der Waals surface area contributed by atoms with Gasteiger partial charge in [-0.3, -0.25) is 4.98 Å². The number of hydrogen-bond donors (Lipinski definition) is 0. The Bertz CT molecular complexity index is 400. The third kappa shape index (κ3) is 1.41. The molecule has 1 aromatic rings. The van der Waals surface area contributed by atoms with Gasteiger partial charge >= 0.3 is 0 Å². The van der Waals surface area contributed by atoms with Gasteiger partial charge < -0.3 is 0 Å². The molecule has 2 aliphatic carbocycles. The molecule has 0 amide bonds. The van der Waals surface area contributed by atoms with Crippen molar-refractivity contribution in [2.24, 2.45) is 0 Å². The van der Waals surface area contributed by atoms with Crippen molar-refractivity contribution in [2.45, 2.75) is 63.7 Å². The molecule has 86 valence electrons. The maximum Gasteiger partial charge on any atom is 0.0432 e. The number of aromatic nitrogens is 1. The first-order chi connectivity index (χ1) is 7.71. The Morgan fingerprint density at radius 3 is 2.62 bits per heavy atom. The van der Waals surface area contributed by atoms with E-state index in [1.165, 1.54) is 49.8 Å². The van der Waals surface area contributed by atoms with Gasteiger partial charge in [0.1, 0.15) is 0 Å². The summed E-state index contributed by atoms with van der Waals surface area (Å²) in [5.74, 6) is 0.560. The van der Waals surface area contributed by atoms with Gasteiger partial charge in [0.15, 0.2) is 0 Å². The summed E-state index contributed by atoms with van der Waals surface area (Å²) < 4.78 is 0. The molecule has 0 bridgehead atoms. The lowest BCUT2D eigenvalue weighted by molar-refractivity contribution is 0.438. The Labute approximate surface area is 98.3 Å². The summed E-state index contributed by atoms with van der Waals surface area (Å²) in [6, 6.07) is 2.42. The Morgan fingerprint density at radius 1 is 1.19 bits per heavy atom. The van der Waals surface area contributed by atoms with Gasteiger partial charge in [-0.15, -0.1) is 0 Å². The maximum atomic E-state index is 4.60. The summed E-state index contributed by atoms with van der Waals surface area (Å²) in [4.78, 5) is 4.60. The van der Waals surface area contributed by atoms with Gasteiger partial charge in [0.25, 0.3) is 0 Å². The fourth-order valence-electron chi connectivity index (χ4n) is 3.59. The van der Waals surface area contributed by atoms with E-state index in [-0.39, 0.29) is 0 Å². The van der Waals surface area contributed by atoms with Crippen LogP contribution in [0, 0.1) is 0 Å². The summed E-state index contributed by atoms with van der Waals surface area (Å²) in [5.41, 5.74) is 5.03. The van der Waals surface area contributed by atoms with E-state index in [1.54, 1.807) is 5.56 Å². The first kappa shape index (κ1) is 10.3. The molecule has 16 heavy (non-hydrogen) atoms. The topological polar surface area (TPSA) is 12.9 Å². The van der Waals surface area contributed by atoms with Gasteiger partial charge in [-0.25, -0.2) is 0 Å². The summed E-state index contributed by atoms with van der Waals surface area (Å²) in [6.45, 7) is 4.48. The second-order valence-corrected chi connectivity index (χ2v) is 5.91. The molecule has 0 saturated heterocycles. The largest absolute Gasteiger partial charge is 0.261 e. The van der Waals surface area contributed by atoms with Crippen molar-refractivity contribution in [3.63, 3.8) is 0 Å². The molecule has 1 heterocycles. The van der Waals surface area contributed by atoms with E-state index in [2.05, 4.69) is 31.1 Å². The zero-order valence-corrected chi connectivity index (χ0v) is 10.4. The lowest BCUT2D eigenvalue weighted by Crippen LogP contribution is -2.18. The Kier molecular flexibility index (Phi) is 2.31. The molecule has 0 N–H and O–H groups in total. The molecule has 1 fully saturated rings. The highest BCUT2D eigenvalue weighted by molar-refractivity contribution is 5.40. The first-order valence-corrected chi connectivity index (χ1v) is 6.71. The van der Waals surface area contributed by atoms with E-state index in [1.807, 2.05) is 0 Å². The Hall–Kier alpha value is -0.850. The van der Waals surface area contributed by atoms with Crippen LogP contribution in [-0.2, 0) is 11.8 Å². The van der Waals surface area contributed by atoms with E-state index in [0.29, 0.717) is 11.3 Å². The monoisotopic (exact) mass is 215 g/mol. The van der Waals surface area contributed by atoms with E-state index < -0.39 is 0 Å². The van der Waals surface area contributed by atoms with Crippen molar-refractivity contribution >= 4 is 0 Å². The highest BCUT2D eigenvalue weighted by atomic mass is 14.7. The van der Waals surface area contributed by atoms with Gasteiger partial charge in [0.05, 0.1) is 0 Å². The zero-order chi connectivity index (χ0) is 11.2. The first-order valence-electron chi connectivity index (χ1n) is 6.71. The van der Waals surface area contributed by atoms with Crippen molar-refractivity contribution in [2.75, 3.05) is 0 Å². The molecule has 1 spiro atoms. The molecule has 0 aliphatic heterocycles.